The minimum absolute atomic E-state index is 0.0232. The quantitative estimate of drug-likeness (QED) is 0.300. The van der Waals surface area contributed by atoms with Crippen LogP contribution >= 0.6 is 0 Å². The van der Waals surface area contributed by atoms with E-state index in [-0.39, 0.29) is 25.1 Å². The predicted octanol–water partition coefficient (Wildman–Crippen LogP) is 3.25. The van der Waals surface area contributed by atoms with Gasteiger partial charge in [-0.15, -0.1) is 6.42 Å². The maximum Gasteiger partial charge on any atom is 0.306 e. The number of fused-ring (bicyclic) bond motifs is 1. The molecule has 0 bridgehead atoms. The smallest absolute Gasteiger partial charge is 0.306 e. The number of benzene rings is 1. The number of amides is 1. The summed E-state index contributed by atoms with van der Waals surface area (Å²) in [6.45, 7) is 3.71. The van der Waals surface area contributed by atoms with E-state index in [4.69, 9.17) is 30.1 Å². The minimum atomic E-state index is -0.913. The molecule has 8 nitrogen and oxygen atoms in total. The molecule has 2 heterocycles. The standard InChI is InChI=1S/C26H35NO7/c1-4-6-7-8-12-15-21(29)33-24-22(27-18(3)28)26(30-16-5-2)32-20-17-31-25(34-23(20)24)19-13-10-9-11-14-19/h2,9-11,13-14,20,22-26H,4,6-8,12,15-17H2,1,3H3,(H,27,28)/t20-,22+,23-,24-,25+,26-/m1/s1. The number of carbonyl (C=O) groups excluding carboxylic acids is 2. The first-order valence-corrected chi connectivity index (χ1v) is 12.0. The van der Waals surface area contributed by atoms with Gasteiger partial charge < -0.3 is 29.0 Å². The number of esters is 1. The summed E-state index contributed by atoms with van der Waals surface area (Å²) in [5.41, 5.74) is 0.837. The van der Waals surface area contributed by atoms with Gasteiger partial charge in [-0.05, 0) is 6.42 Å². The number of carbonyl (C=O) groups is 2. The Labute approximate surface area is 201 Å². The second-order valence-electron chi connectivity index (χ2n) is 8.58. The van der Waals surface area contributed by atoms with Crippen LogP contribution in [0.4, 0.5) is 0 Å². The Bertz CT molecular complexity index is 824. The Balaban J connectivity index is 1.77. The van der Waals surface area contributed by atoms with E-state index in [1.54, 1.807) is 0 Å². The normalized spacial score (nSPS) is 28.4. The van der Waals surface area contributed by atoms with Crippen LogP contribution in [0.25, 0.3) is 0 Å². The van der Waals surface area contributed by atoms with E-state index in [0.717, 1.165) is 37.7 Å². The molecule has 0 aromatic heterocycles. The summed E-state index contributed by atoms with van der Waals surface area (Å²) in [6.07, 6.45) is 7.11. The van der Waals surface area contributed by atoms with Crippen LogP contribution in [0.15, 0.2) is 30.3 Å². The van der Waals surface area contributed by atoms with Gasteiger partial charge in [0.25, 0.3) is 0 Å². The molecule has 3 rings (SSSR count). The highest BCUT2D eigenvalue weighted by molar-refractivity contribution is 5.73. The van der Waals surface area contributed by atoms with Crippen LogP contribution in [0.3, 0.4) is 0 Å². The second kappa shape index (κ2) is 13.4. The van der Waals surface area contributed by atoms with E-state index in [0.29, 0.717) is 6.42 Å². The molecule has 186 valence electrons. The average Bonchev–Trinajstić information content (AvgIpc) is 2.84. The highest BCUT2D eigenvalue weighted by Crippen LogP contribution is 2.36. The van der Waals surface area contributed by atoms with Gasteiger partial charge >= 0.3 is 5.97 Å². The van der Waals surface area contributed by atoms with Gasteiger partial charge in [-0.1, -0.05) is 68.9 Å². The van der Waals surface area contributed by atoms with Crippen LogP contribution in [0.5, 0.6) is 0 Å². The Morgan fingerprint density at radius 2 is 1.91 bits per heavy atom. The van der Waals surface area contributed by atoms with Gasteiger partial charge in [-0.25, -0.2) is 0 Å². The minimum Gasteiger partial charge on any atom is -0.457 e. The lowest BCUT2D eigenvalue weighted by Gasteiger charge is -2.48. The molecule has 1 aromatic rings. The number of terminal acetylenes is 1. The van der Waals surface area contributed by atoms with Crippen LogP contribution in [0.1, 0.15) is 64.2 Å². The summed E-state index contributed by atoms with van der Waals surface area (Å²) in [6, 6.07) is 8.71. The zero-order valence-electron chi connectivity index (χ0n) is 19.9. The molecule has 34 heavy (non-hydrogen) atoms. The van der Waals surface area contributed by atoms with Gasteiger partial charge in [-0.2, -0.15) is 0 Å². The van der Waals surface area contributed by atoms with E-state index in [9.17, 15) is 9.59 Å². The maximum absolute atomic E-state index is 12.8. The third kappa shape index (κ3) is 7.28. The fourth-order valence-corrected chi connectivity index (χ4v) is 4.24. The molecule has 8 heteroatoms. The Morgan fingerprint density at radius 3 is 2.62 bits per heavy atom. The van der Waals surface area contributed by atoms with E-state index >= 15 is 0 Å². The molecule has 0 unspecified atom stereocenters. The zero-order chi connectivity index (χ0) is 24.3. The van der Waals surface area contributed by atoms with Crippen molar-refractivity contribution in [2.45, 2.75) is 89.3 Å². The third-order valence-electron chi connectivity index (χ3n) is 5.86. The number of hydrogen-bond acceptors (Lipinski definition) is 7. The third-order valence-corrected chi connectivity index (χ3v) is 5.86. The van der Waals surface area contributed by atoms with E-state index in [1.165, 1.54) is 6.92 Å². The molecule has 0 spiro atoms. The molecular weight excluding hydrogens is 438 g/mol. The lowest BCUT2D eigenvalue weighted by atomic mass is 9.95. The van der Waals surface area contributed by atoms with Crippen molar-refractivity contribution in [1.82, 2.24) is 5.32 Å². The van der Waals surface area contributed by atoms with Crippen LogP contribution in [-0.4, -0.2) is 55.7 Å². The first-order valence-electron chi connectivity index (χ1n) is 12.0. The first kappa shape index (κ1) is 26.2. The highest BCUT2D eigenvalue weighted by Gasteiger charge is 2.52. The Morgan fingerprint density at radius 1 is 1.15 bits per heavy atom. The second-order valence-corrected chi connectivity index (χ2v) is 8.58. The molecule has 2 saturated heterocycles. The summed E-state index contributed by atoms with van der Waals surface area (Å²) in [4.78, 5) is 24.8. The van der Waals surface area contributed by atoms with Crippen molar-refractivity contribution >= 4 is 11.9 Å². The molecular formula is C26H35NO7. The van der Waals surface area contributed by atoms with E-state index in [1.807, 2.05) is 30.3 Å². The van der Waals surface area contributed by atoms with Crippen molar-refractivity contribution in [1.29, 1.82) is 0 Å². The van der Waals surface area contributed by atoms with Gasteiger partial charge in [0.2, 0.25) is 5.91 Å². The molecule has 1 amide bonds. The van der Waals surface area contributed by atoms with Crippen molar-refractivity contribution < 1.29 is 33.3 Å². The number of unbranched alkanes of at least 4 members (excludes halogenated alkanes) is 4. The summed E-state index contributed by atoms with van der Waals surface area (Å²) in [7, 11) is 0. The average molecular weight is 474 g/mol. The fraction of sp³-hybridized carbons (Fsp3) is 0.615. The number of rotatable bonds is 11. The summed E-state index contributed by atoms with van der Waals surface area (Å²) in [5, 5.41) is 2.81. The first-order chi connectivity index (χ1) is 16.5. The zero-order valence-corrected chi connectivity index (χ0v) is 19.9. The maximum atomic E-state index is 12.8. The predicted molar refractivity (Wildman–Crippen MR) is 124 cm³/mol. The summed E-state index contributed by atoms with van der Waals surface area (Å²) < 4.78 is 29.8. The lowest BCUT2D eigenvalue weighted by molar-refractivity contribution is -0.343. The van der Waals surface area contributed by atoms with Crippen molar-refractivity contribution in [2.24, 2.45) is 0 Å². The van der Waals surface area contributed by atoms with Gasteiger partial charge in [0.15, 0.2) is 18.7 Å². The van der Waals surface area contributed by atoms with Crippen LogP contribution in [0.2, 0.25) is 0 Å². The molecule has 2 fully saturated rings. The van der Waals surface area contributed by atoms with E-state index in [2.05, 4.69) is 18.2 Å². The molecule has 1 N–H and O–H groups in total. The van der Waals surface area contributed by atoms with Crippen molar-refractivity contribution in [3.05, 3.63) is 35.9 Å². The number of ether oxygens (including phenoxy) is 5. The molecule has 0 aliphatic carbocycles. The topological polar surface area (TPSA) is 92.3 Å². The van der Waals surface area contributed by atoms with Crippen LogP contribution in [0, 0.1) is 12.3 Å². The monoisotopic (exact) mass is 473 g/mol. The van der Waals surface area contributed by atoms with Crippen LogP contribution < -0.4 is 5.32 Å². The van der Waals surface area contributed by atoms with Gasteiger partial charge in [0.1, 0.15) is 24.9 Å². The van der Waals surface area contributed by atoms with Crippen molar-refractivity contribution in [3.63, 3.8) is 0 Å². The van der Waals surface area contributed by atoms with E-state index < -0.39 is 36.9 Å². The Kier molecular flexibility index (Phi) is 10.4. The Hall–Kier alpha value is -2.44. The summed E-state index contributed by atoms with van der Waals surface area (Å²) in [5.74, 6) is 1.75. The summed E-state index contributed by atoms with van der Waals surface area (Å²) >= 11 is 0. The SMILES string of the molecule is C#CCO[C@@H]1O[C@@H]2CO[C@H](c3ccccc3)O[C@H]2[C@H](OC(=O)CCCCCCC)[C@@H]1NC(C)=O. The molecule has 6 atom stereocenters. The number of nitrogens with one attached hydrogen (secondary N) is 1. The molecule has 0 saturated carbocycles. The van der Waals surface area contributed by atoms with Gasteiger partial charge in [-0.3, -0.25) is 9.59 Å². The molecule has 2 aliphatic heterocycles. The fourth-order valence-electron chi connectivity index (χ4n) is 4.24. The molecule has 1 aromatic carbocycles. The van der Waals surface area contributed by atoms with Crippen molar-refractivity contribution in [3.8, 4) is 12.3 Å². The molecule has 0 radical (unpaired) electrons. The highest BCUT2D eigenvalue weighted by atomic mass is 16.8. The van der Waals surface area contributed by atoms with Crippen LogP contribution in [-0.2, 0) is 33.3 Å². The molecule has 2 aliphatic rings. The van der Waals surface area contributed by atoms with Gasteiger partial charge in [0.05, 0.1) is 6.61 Å². The lowest BCUT2D eigenvalue weighted by Crippen LogP contribution is -2.67. The largest absolute Gasteiger partial charge is 0.457 e. The van der Waals surface area contributed by atoms with Gasteiger partial charge in [0, 0.05) is 18.9 Å². The number of hydrogen-bond donors (Lipinski definition) is 1. The van der Waals surface area contributed by atoms with Crippen molar-refractivity contribution in [2.75, 3.05) is 13.2 Å².